The molecule has 0 saturated heterocycles. The first-order chi connectivity index (χ1) is 12.1. The fourth-order valence-corrected chi connectivity index (χ4v) is 2.26. The molecule has 0 fully saturated rings. The lowest BCUT2D eigenvalue weighted by atomic mass is 10.2. The number of hydrogen-bond donors (Lipinski definition) is 1. The first-order valence-corrected chi connectivity index (χ1v) is 8.13. The molecule has 0 aliphatic heterocycles. The SMILES string of the molecule is Cn1cnc(-c2ccc(OC[C@@H](O)COc3ccc(Cl)cc3)cc2)n1. The maximum atomic E-state index is 9.96. The van der Waals surface area contributed by atoms with Gasteiger partial charge in [0.2, 0.25) is 0 Å². The minimum atomic E-state index is -0.743. The van der Waals surface area contributed by atoms with Crippen LogP contribution in [0.2, 0.25) is 5.02 Å². The largest absolute Gasteiger partial charge is 0.491 e. The molecule has 0 saturated carbocycles. The highest BCUT2D eigenvalue weighted by Gasteiger charge is 2.08. The maximum absolute atomic E-state index is 9.96. The molecule has 1 atom stereocenters. The van der Waals surface area contributed by atoms with Crippen molar-refractivity contribution in [1.82, 2.24) is 14.8 Å². The molecule has 0 aliphatic rings. The van der Waals surface area contributed by atoms with Crippen molar-refractivity contribution in [2.75, 3.05) is 13.2 Å². The molecule has 1 heterocycles. The number of aryl methyl sites for hydroxylation is 1. The number of halogens is 1. The zero-order valence-electron chi connectivity index (χ0n) is 13.7. The van der Waals surface area contributed by atoms with Gasteiger partial charge in [0.1, 0.15) is 37.1 Å². The van der Waals surface area contributed by atoms with Crippen LogP contribution in [-0.2, 0) is 7.05 Å². The molecule has 1 N–H and O–H groups in total. The first-order valence-electron chi connectivity index (χ1n) is 7.75. The fraction of sp³-hybridized carbons (Fsp3) is 0.222. The lowest BCUT2D eigenvalue weighted by Gasteiger charge is -2.13. The van der Waals surface area contributed by atoms with Gasteiger partial charge in [-0.3, -0.25) is 4.68 Å². The Bertz CT molecular complexity index is 803. The van der Waals surface area contributed by atoms with Crippen molar-refractivity contribution in [2.24, 2.45) is 7.05 Å². The number of aliphatic hydroxyl groups excluding tert-OH is 1. The summed E-state index contributed by atoms with van der Waals surface area (Å²) in [6, 6.07) is 14.4. The highest BCUT2D eigenvalue weighted by Crippen LogP contribution is 2.19. The molecule has 2 aromatic carbocycles. The summed E-state index contributed by atoms with van der Waals surface area (Å²) in [4.78, 5) is 4.19. The van der Waals surface area contributed by atoms with E-state index in [0.717, 1.165) is 5.56 Å². The average Bonchev–Trinajstić information content (AvgIpc) is 3.06. The third-order valence-electron chi connectivity index (χ3n) is 3.41. The number of aromatic nitrogens is 3. The Labute approximate surface area is 150 Å². The number of rotatable bonds is 7. The van der Waals surface area contributed by atoms with Crippen LogP contribution in [0.25, 0.3) is 11.4 Å². The molecular weight excluding hydrogens is 342 g/mol. The van der Waals surface area contributed by atoms with Crippen molar-refractivity contribution in [2.45, 2.75) is 6.10 Å². The predicted octanol–water partition coefficient (Wildman–Crippen LogP) is 2.95. The van der Waals surface area contributed by atoms with Crippen LogP contribution in [0.3, 0.4) is 0 Å². The van der Waals surface area contributed by atoms with Crippen LogP contribution < -0.4 is 9.47 Å². The van der Waals surface area contributed by atoms with Crippen molar-refractivity contribution < 1.29 is 14.6 Å². The second kappa shape index (κ2) is 8.00. The molecule has 0 bridgehead atoms. The smallest absolute Gasteiger partial charge is 0.181 e. The minimum Gasteiger partial charge on any atom is -0.491 e. The number of nitrogens with zero attached hydrogens (tertiary/aromatic N) is 3. The Balaban J connectivity index is 1.47. The molecule has 25 heavy (non-hydrogen) atoms. The van der Waals surface area contributed by atoms with Gasteiger partial charge in [0.15, 0.2) is 5.82 Å². The van der Waals surface area contributed by atoms with Gasteiger partial charge in [0, 0.05) is 17.6 Å². The van der Waals surface area contributed by atoms with E-state index in [4.69, 9.17) is 21.1 Å². The van der Waals surface area contributed by atoms with Crippen molar-refractivity contribution >= 4 is 11.6 Å². The second-order valence-corrected chi connectivity index (χ2v) is 5.93. The van der Waals surface area contributed by atoms with Gasteiger partial charge in [0.05, 0.1) is 0 Å². The van der Waals surface area contributed by atoms with Crippen molar-refractivity contribution in [1.29, 1.82) is 0 Å². The topological polar surface area (TPSA) is 69.4 Å². The van der Waals surface area contributed by atoms with Crippen molar-refractivity contribution in [3.05, 3.63) is 59.9 Å². The van der Waals surface area contributed by atoms with Gasteiger partial charge >= 0.3 is 0 Å². The molecule has 0 radical (unpaired) electrons. The summed E-state index contributed by atoms with van der Waals surface area (Å²) >= 11 is 5.81. The zero-order valence-corrected chi connectivity index (χ0v) is 14.4. The number of hydrogen-bond acceptors (Lipinski definition) is 5. The molecular formula is C18H18ClN3O3. The fourth-order valence-electron chi connectivity index (χ4n) is 2.14. The standard InChI is InChI=1S/C18H18ClN3O3/c1-22-12-20-18(21-22)13-2-6-16(7-3-13)24-10-15(23)11-25-17-8-4-14(19)5-9-17/h2-9,12,15,23H,10-11H2,1H3/t15-/m1/s1. The summed E-state index contributed by atoms with van der Waals surface area (Å²) in [6.45, 7) is 0.270. The van der Waals surface area contributed by atoms with E-state index in [1.807, 2.05) is 31.3 Å². The maximum Gasteiger partial charge on any atom is 0.181 e. The monoisotopic (exact) mass is 359 g/mol. The zero-order chi connectivity index (χ0) is 17.6. The lowest BCUT2D eigenvalue weighted by Crippen LogP contribution is -2.25. The highest BCUT2D eigenvalue weighted by atomic mass is 35.5. The number of benzene rings is 2. The van der Waals surface area contributed by atoms with Crippen molar-refractivity contribution in [3.63, 3.8) is 0 Å². The predicted molar refractivity (Wildman–Crippen MR) is 94.9 cm³/mol. The van der Waals surface area contributed by atoms with Crippen LogP contribution in [0.1, 0.15) is 0 Å². The molecule has 3 rings (SSSR count). The third-order valence-corrected chi connectivity index (χ3v) is 3.66. The molecule has 0 aliphatic carbocycles. The molecule has 3 aromatic rings. The highest BCUT2D eigenvalue weighted by molar-refractivity contribution is 6.30. The van der Waals surface area contributed by atoms with Gasteiger partial charge in [0.25, 0.3) is 0 Å². The van der Waals surface area contributed by atoms with Gasteiger partial charge < -0.3 is 14.6 Å². The van der Waals surface area contributed by atoms with Crippen LogP contribution in [-0.4, -0.2) is 39.2 Å². The van der Waals surface area contributed by atoms with Gasteiger partial charge in [-0.15, -0.1) is 0 Å². The average molecular weight is 360 g/mol. The van der Waals surface area contributed by atoms with Crippen LogP contribution in [0.5, 0.6) is 11.5 Å². The van der Waals surface area contributed by atoms with E-state index in [0.29, 0.717) is 22.3 Å². The summed E-state index contributed by atoms with van der Waals surface area (Å²) in [5.41, 5.74) is 0.902. The van der Waals surface area contributed by atoms with Gasteiger partial charge in [-0.25, -0.2) is 4.98 Å². The molecule has 6 nitrogen and oxygen atoms in total. The summed E-state index contributed by atoms with van der Waals surface area (Å²) in [5, 5.41) is 14.8. The Morgan fingerprint density at radius 1 is 1.00 bits per heavy atom. The van der Waals surface area contributed by atoms with E-state index in [9.17, 15) is 5.11 Å². The second-order valence-electron chi connectivity index (χ2n) is 5.50. The molecule has 7 heteroatoms. The Hall–Kier alpha value is -2.57. The van der Waals surface area contributed by atoms with Crippen LogP contribution in [0, 0.1) is 0 Å². The molecule has 0 amide bonds. The van der Waals surface area contributed by atoms with E-state index in [2.05, 4.69) is 10.1 Å². The molecule has 130 valence electrons. The Morgan fingerprint density at radius 3 is 2.08 bits per heavy atom. The summed E-state index contributed by atoms with van der Waals surface area (Å²) < 4.78 is 12.7. The number of ether oxygens (including phenoxy) is 2. The van der Waals surface area contributed by atoms with E-state index >= 15 is 0 Å². The normalized spacial score (nSPS) is 12.0. The van der Waals surface area contributed by atoms with E-state index in [1.54, 1.807) is 35.3 Å². The van der Waals surface area contributed by atoms with Gasteiger partial charge in [-0.2, -0.15) is 5.10 Å². The first kappa shape index (κ1) is 17.3. The summed E-state index contributed by atoms with van der Waals surface area (Å²) in [6.07, 6.45) is 0.907. The summed E-state index contributed by atoms with van der Waals surface area (Å²) in [7, 11) is 1.82. The van der Waals surface area contributed by atoms with Gasteiger partial charge in [-0.05, 0) is 48.5 Å². The molecule has 0 unspecified atom stereocenters. The van der Waals surface area contributed by atoms with Crippen LogP contribution in [0.15, 0.2) is 54.9 Å². The number of aliphatic hydroxyl groups is 1. The Kier molecular flexibility index (Phi) is 5.53. The quantitative estimate of drug-likeness (QED) is 0.702. The van der Waals surface area contributed by atoms with Crippen LogP contribution >= 0.6 is 11.6 Å². The minimum absolute atomic E-state index is 0.134. The van der Waals surface area contributed by atoms with Gasteiger partial charge in [-0.1, -0.05) is 11.6 Å². The Morgan fingerprint density at radius 2 is 1.56 bits per heavy atom. The molecule has 1 aromatic heterocycles. The van der Waals surface area contributed by atoms with E-state index in [-0.39, 0.29) is 13.2 Å². The van der Waals surface area contributed by atoms with E-state index in [1.165, 1.54) is 0 Å². The third kappa shape index (κ3) is 4.95. The lowest BCUT2D eigenvalue weighted by molar-refractivity contribution is 0.0626. The van der Waals surface area contributed by atoms with Crippen molar-refractivity contribution in [3.8, 4) is 22.9 Å². The van der Waals surface area contributed by atoms with E-state index < -0.39 is 6.10 Å². The summed E-state index contributed by atoms with van der Waals surface area (Å²) in [5.74, 6) is 1.96. The molecule has 0 spiro atoms. The van der Waals surface area contributed by atoms with Crippen LogP contribution in [0.4, 0.5) is 0 Å².